The van der Waals surface area contributed by atoms with Crippen LogP contribution in [-0.2, 0) is 22.3 Å². The van der Waals surface area contributed by atoms with E-state index in [9.17, 15) is 32.7 Å². The second kappa shape index (κ2) is 16.8. The minimum Gasteiger partial charge on any atom is -0.396 e. The van der Waals surface area contributed by atoms with E-state index in [-0.39, 0.29) is 36.5 Å². The molecule has 0 bridgehead atoms. The number of aliphatic hydroxyl groups is 1. The Kier molecular flexibility index (Phi) is 11.6. The van der Waals surface area contributed by atoms with Crippen LogP contribution in [0.4, 0.5) is 29.2 Å². The van der Waals surface area contributed by atoms with Gasteiger partial charge in [-0.2, -0.15) is 13.2 Å². The lowest BCUT2D eigenvalue weighted by Gasteiger charge is -2.43. The van der Waals surface area contributed by atoms with Crippen LogP contribution in [0, 0.1) is 11.7 Å². The SMILES string of the molecule is O=C1CCC(c2ccc(CN3CCC(N4CCN(c5ccc6c(c5)nc(NC(=O)c5cccc(C(F)(F)F)c5)n6C5CCC(CO)CC5)CC4)CC3)cc2F)C(=O)N1. The third-order valence-corrected chi connectivity index (χ3v) is 12.6. The highest BCUT2D eigenvalue weighted by atomic mass is 19.4. The molecule has 11 nitrogen and oxygen atoms in total. The highest BCUT2D eigenvalue weighted by molar-refractivity contribution is 6.04. The van der Waals surface area contributed by atoms with E-state index >= 15 is 4.39 Å². The van der Waals surface area contributed by atoms with E-state index < -0.39 is 35.3 Å². The average Bonchev–Trinajstić information content (AvgIpc) is 3.58. The number of likely N-dealkylation sites (tertiary alicyclic amines) is 1. The standard InChI is InChI=1S/C43H49F4N7O4/c44-36-22-28(6-10-34(36)35-11-13-39(56)49-41(35)58)25-51-16-14-31(15-17-51)52-18-20-53(21-19-52)33-9-12-38-37(24-33)48-42(54(38)32-7-4-27(26-55)5-8-32)50-40(57)29-2-1-3-30(23-29)43(45,46)47/h1-3,6,9-10,12,22-24,27,31-32,35,55H,4-5,7-8,11,13-21,25-26H2,(H,48,50,57)(H,49,56,58). The van der Waals surface area contributed by atoms with E-state index in [1.807, 2.05) is 22.8 Å². The normalized spacial score (nSPS) is 23.0. The molecule has 1 atom stereocenters. The number of imide groups is 1. The first kappa shape index (κ1) is 39.9. The maximum atomic E-state index is 15.1. The maximum Gasteiger partial charge on any atom is 0.416 e. The number of benzene rings is 3. The molecular weight excluding hydrogens is 755 g/mol. The number of imidazole rings is 1. The maximum absolute atomic E-state index is 15.1. The molecule has 1 aliphatic carbocycles. The van der Waals surface area contributed by atoms with Crippen LogP contribution < -0.4 is 15.5 Å². The van der Waals surface area contributed by atoms with E-state index in [0.29, 0.717) is 36.0 Å². The molecule has 4 aliphatic rings. The molecule has 308 valence electrons. The summed E-state index contributed by atoms with van der Waals surface area (Å²) in [7, 11) is 0. The zero-order chi connectivity index (χ0) is 40.6. The van der Waals surface area contributed by atoms with Crippen molar-refractivity contribution in [3.63, 3.8) is 0 Å². The lowest BCUT2D eigenvalue weighted by atomic mass is 9.86. The Hall–Kier alpha value is -4.86. The second-order valence-electron chi connectivity index (χ2n) is 16.3. The summed E-state index contributed by atoms with van der Waals surface area (Å²) in [4.78, 5) is 49.2. The van der Waals surface area contributed by atoms with Crippen LogP contribution in [0.25, 0.3) is 11.0 Å². The molecule has 4 heterocycles. The topological polar surface area (TPSA) is 123 Å². The Bertz CT molecular complexity index is 2150. The minimum absolute atomic E-state index is 0.0112. The Balaban J connectivity index is 0.892. The lowest BCUT2D eigenvalue weighted by Crippen LogP contribution is -2.53. The van der Waals surface area contributed by atoms with Gasteiger partial charge in [-0.15, -0.1) is 0 Å². The molecule has 58 heavy (non-hydrogen) atoms. The quantitative estimate of drug-likeness (QED) is 0.130. The summed E-state index contributed by atoms with van der Waals surface area (Å²) < 4.78 is 57.4. The number of nitrogens with one attached hydrogen (secondary N) is 2. The molecule has 3 saturated heterocycles. The Morgan fingerprint density at radius 1 is 0.862 bits per heavy atom. The number of hydrogen-bond donors (Lipinski definition) is 3. The summed E-state index contributed by atoms with van der Waals surface area (Å²) in [6.45, 7) is 6.01. The van der Waals surface area contributed by atoms with Crippen molar-refractivity contribution in [3.8, 4) is 0 Å². The van der Waals surface area contributed by atoms with E-state index in [1.54, 1.807) is 6.07 Å². The monoisotopic (exact) mass is 803 g/mol. The number of halogens is 4. The van der Waals surface area contributed by atoms with Crippen LogP contribution in [0.3, 0.4) is 0 Å². The largest absolute Gasteiger partial charge is 0.416 e. The Labute approximate surface area is 334 Å². The number of anilines is 2. The molecule has 3 aromatic carbocycles. The Morgan fingerprint density at radius 2 is 1.62 bits per heavy atom. The summed E-state index contributed by atoms with van der Waals surface area (Å²) in [6.07, 6.45) is 1.18. The van der Waals surface area contributed by atoms with Crippen LogP contribution >= 0.6 is 0 Å². The van der Waals surface area contributed by atoms with Gasteiger partial charge in [-0.1, -0.05) is 18.2 Å². The van der Waals surface area contributed by atoms with E-state index in [4.69, 9.17) is 4.98 Å². The zero-order valence-electron chi connectivity index (χ0n) is 32.3. The van der Waals surface area contributed by atoms with Crippen LogP contribution in [0.2, 0.25) is 0 Å². The lowest BCUT2D eigenvalue weighted by molar-refractivity contribution is -0.138. The number of carbonyl (C=O) groups excluding carboxylic acids is 3. The van der Waals surface area contributed by atoms with Gasteiger partial charge < -0.3 is 14.6 Å². The fourth-order valence-electron chi connectivity index (χ4n) is 9.33. The van der Waals surface area contributed by atoms with Gasteiger partial charge in [0, 0.05) is 74.6 Å². The second-order valence-corrected chi connectivity index (χ2v) is 16.3. The molecular formula is C43H49F4N7O4. The fourth-order valence-corrected chi connectivity index (χ4v) is 9.33. The van der Waals surface area contributed by atoms with Gasteiger partial charge in [0.1, 0.15) is 5.82 Å². The fraction of sp³-hybridized carbons (Fsp3) is 0.488. The number of rotatable bonds is 9. The zero-order valence-corrected chi connectivity index (χ0v) is 32.3. The number of fused-ring (bicyclic) bond motifs is 1. The van der Waals surface area contributed by atoms with Crippen molar-refractivity contribution < 1.29 is 37.1 Å². The highest BCUT2D eigenvalue weighted by Gasteiger charge is 2.33. The van der Waals surface area contributed by atoms with Gasteiger partial charge in [0.05, 0.1) is 22.5 Å². The van der Waals surface area contributed by atoms with Gasteiger partial charge in [0.2, 0.25) is 17.8 Å². The van der Waals surface area contributed by atoms with Gasteiger partial charge in [-0.25, -0.2) is 9.37 Å². The molecule has 0 spiro atoms. The van der Waals surface area contributed by atoms with Gasteiger partial charge in [-0.3, -0.25) is 34.8 Å². The van der Waals surface area contributed by atoms with E-state index in [0.717, 1.165) is 107 Å². The van der Waals surface area contributed by atoms with E-state index in [1.165, 1.54) is 18.2 Å². The van der Waals surface area contributed by atoms with Crippen LogP contribution in [-0.4, -0.2) is 94.1 Å². The van der Waals surface area contributed by atoms with Crippen molar-refractivity contribution in [2.75, 3.05) is 56.1 Å². The van der Waals surface area contributed by atoms with E-state index in [2.05, 4.69) is 31.4 Å². The van der Waals surface area contributed by atoms with Crippen molar-refractivity contribution in [1.82, 2.24) is 24.7 Å². The predicted molar refractivity (Wildman–Crippen MR) is 211 cm³/mol. The van der Waals surface area contributed by atoms with Gasteiger partial charge >= 0.3 is 6.18 Å². The molecule has 3 aliphatic heterocycles. The van der Waals surface area contributed by atoms with Crippen LogP contribution in [0.15, 0.2) is 60.7 Å². The summed E-state index contributed by atoms with van der Waals surface area (Å²) in [6, 6.07) is 16.1. The first-order chi connectivity index (χ1) is 27.9. The Morgan fingerprint density at radius 3 is 2.31 bits per heavy atom. The molecule has 15 heteroatoms. The van der Waals surface area contributed by atoms with Crippen molar-refractivity contribution in [3.05, 3.63) is 88.7 Å². The number of carbonyl (C=O) groups is 3. The number of amides is 3. The van der Waals surface area contributed by atoms with Crippen LogP contribution in [0.1, 0.15) is 90.4 Å². The highest BCUT2D eigenvalue weighted by Crippen LogP contribution is 2.38. The predicted octanol–water partition coefficient (Wildman–Crippen LogP) is 6.48. The average molecular weight is 804 g/mol. The molecule has 1 saturated carbocycles. The van der Waals surface area contributed by atoms with Gasteiger partial charge in [0.25, 0.3) is 5.91 Å². The summed E-state index contributed by atoms with van der Waals surface area (Å²) in [5, 5.41) is 14.9. The smallest absolute Gasteiger partial charge is 0.396 e. The van der Waals surface area contributed by atoms with Crippen LogP contribution in [0.5, 0.6) is 0 Å². The molecule has 8 rings (SSSR count). The molecule has 1 aromatic heterocycles. The number of nitrogens with zero attached hydrogens (tertiary/aromatic N) is 5. The molecule has 3 amide bonds. The number of piperazine rings is 1. The third-order valence-electron chi connectivity index (χ3n) is 12.6. The van der Waals surface area contributed by atoms with Gasteiger partial charge in [0.15, 0.2) is 0 Å². The summed E-state index contributed by atoms with van der Waals surface area (Å²) >= 11 is 0. The molecule has 1 unspecified atom stereocenters. The number of aromatic nitrogens is 2. The van der Waals surface area contributed by atoms with Gasteiger partial charge in [-0.05, 0) is 112 Å². The minimum atomic E-state index is -4.57. The third kappa shape index (κ3) is 8.62. The van der Waals surface area contributed by atoms with Crippen molar-refractivity contribution in [1.29, 1.82) is 0 Å². The number of aliphatic hydroxyl groups excluding tert-OH is 1. The van der Waals surface area contributed by atoms with Crippen molar-refractivity contribution in [2.45, 2.75) is 82.1 Å². The molecule has 4 aromatic rings. The molecule has 3 N–H and O–H groups in total. The molecule has 0 radical (unpaired) electrons. The first-order valence-corrected chi connectivity index (χ1v) is 20.4. The summed E-state index contributed by atoms with van der Waals surface area (Å²) in [5.41, 5.74) is 2.76. The first-order valence-electron chi connectivity index (χ1n) is 20.4. The van der Waals surface area contributed by atoms with Crippen molar-refractivity contribution in [2.24, 2.45) is 5.92 Å². The number of piperidine rings is 2. The van der Waals surface area contributed by atoms with Crippen molar-refractivity contribution >= 4 is 40.4 Å². The molecule has 4 fully saturated rings. The number of alkyl halides is 3. The number of hydrogen-bond acceptors (Lipinski definition) is 8. The summed E-state index contributed by atoms with van der Waals surface area (Å²) in [5.74, 6) is -1.96.